The molecule has 0 bridgehead atoms. The number of halogens is 3. The monoisotopic (exact) mass is 419 g/mol. The topological polar surface area (TPSA) is 46.4 Å². The Hall–Kier alpha value is -4.05. The molecule has 4 nitrogen and oxygen atoms in total. The second-order valence-corrected chi connectivity index (χ2v) is 6.88. The molecular formula is C24H16F3N3O. The van der Waals surface area contributed by atoms with Crippen molar-refractivity contribution in [1.82, 2.24) is 9.38 Å². The Labute approximate surface area is 176 Å². The van der Waals surface area contributed by atoms with E-state index in [1.165, 1.54) is 12.1 Å². The average molecular weight is 419 g/mol. The fourth-order valence-electron chi connectivity index (χ4n) is 3.00. The van der Waals surface area contributed by atoms with Crippen LogP contribution in [0.1, 0.15) is 32.7 Å². The number of benzene rings is 2. The van der Waals surface area contributed by atoms with Gasteiger partial charge in [-0.1, -0.05) is 18.1 Å². The van der Waals surface area contributed by atoms with Crippen LogP contribution in [-0.4, -0.2) is 15.3 Å². The van der Waals surface area contributed by atoms with Gasteiger partial charge in [0.05, 0.1) is 11.8 Å². The number of amides is 1. The number of aromatic nitrogens is 2. The van der Waals surface area contributed by atoms with Gasteiger partial charge in [0.25, 0.3) is 5.91 Å². The SMILES string of the molecule is Cc1ccc(C(=O)Nc2ccc(C(F)(F)F)cc2)cc1C#Cc1cnc2ccccn12. The summed E-state index contributed by atoms with van der Waals surface area (Å²) in [4.78, 5) is 16.9. The van der Waals surface area contributed by atoms with E-state index in [2.05, 4.69) is 22.1 Å². The maximum atomic E-state index is 12.7. The zero-order valence-electron chi connectivity index (χ0n) is 16.4. The van der Waals surface area contributed by atoms with E-state index in [4.69, 9.17) is 0 Å². The molecule has 2 aromatic heterocycles. The molecule has 7 heteroatoms. The summed E-state index contributed by atoms with van der Waals surface area (Å²) < 4.78 is 39.9. The van der Waals surface area contributed by atoms with Crippen LogP contribution in [0.4, 0.5) is 18.9 Å². The molecule has 2 aromatic carbocycles. The van der Waals surface area contributed by atoms with Gasteiger partial charge < -0.3 is 5.32 Å². The van der Waals surface area contributed by atoms with Crippen molar-refractivity contribution >= 4 is 17.2 Å². The first-order valence-corrected chi connectivity index (χ1v) is 9.35. The quantitative estimate of drug-likeness (QED) is 0.448. The Morgan fingerprint density at radius 1 is 1.03 bits per heavy atom. The summed E-state index contributed by atoms with van der Waals surface area (Å²) in [7, 11) is 0. The highest BCUT2D eigenvalue weighted by Crippen LogP contribution is 2.29. The van der Waals surface area contributed by atoms with Crippen LogP contribution in [0.2, 0.25) is 0 Å². The standard InChI is InChI=1S/C24H16F3N3O/c1-16-5-6-18(23(31)29-20-10-8-19(9-11-20)24(25,26)27)14-17(16)7-12-21-15-28-22-4-2-3-13-30(21)22/h2-6,8-11,13-15H,1H3,(H,29,31). The van der Waals surface area contributed by atoms with E-state index in [9.17, 15) is 18.0 Å². The molecule has 0 spiro atoms. The van der Waals surface area contributed by atoms with Crippen LogP contribution in [0.5, 0.6) is 0 Å². The lowest BCUT2D eigenvalue weighted by atomic mass is 10.0. The molecular weight excluding hydrogens is 403 g/mol. The molecule has 0 atom stereocenters. The second-order valence-electron chi connectivity index (χ2n) is 6.88. The summed E-state index contributed by atoms with van der Waals surface area (Å²) in [5.74, 6) is 5.72. The molecule has 31 heavy (non-hydrogen) atoms. The third-order valence-corrected chi connectivity index (χ3v) is 4.71. The van der Waals surface area contributed by atoms with E-state index in [1.807, 2.05) is 35.7 Å². The van der Waals surface area contributed by atoms with Crippen LogP contribution in [0.25, 0.3) is 5.65 Å². The maximum Gasteiger partial charge on any atom is 0.416 e. The van der Waals surface area contributed by atoms with E-state index in [0.29, 0.717) is 11.1 Å². The average Bonchev–Trinajstić information content (AvgIpc) is 3.16. The highest BCUT2D eigenvalue weighted by molar-refractivity contribution is 6.04. The lowest BCUT2D eigenvalue weighted by molar-refractivity contribution is -0.137. The highest BCUT2D eigenvalue weighted by Gasteiger charge is 2.30. The van der Waals surface area contributed by atoms with Crippen molar-refractivity contribution in [3.8, 4) is 11.8 Å². The largest absolute Gasteiger partial charge is 0.416 e. The van der Waals surface area contributed by atoms with Crippen LogP contribution in [0, 0.1) is 18.8 Å². The second kappa shape index (κ2) is 8.00. The molecule has 0 aliphatic heterocycles. The van der Waals surface area contributed by atoms with E-state index >= 15 is 0 Å². The minimum Gasteiger partial charge on any atom is -0.322 e. The lowest BCUT2D eigenvalue weighted by Gasteiger charge is -2.09. The van der Waals surface area contributed by atoms with Crippen molar-refractivity contribution in [3.05, 3.63) is 101 Å². The first-order chi connectivity index (χ1) is 14.8. The number of carbonyl (C=O) groups excluding carboxylic acids is 1. The Bertz CT molecular complexity index is 1330. The Balaban J connectivity index is 1.56. The van der Waals surface area contributed by atoms with Crippen molar-refractivity contribution in [2.45, 2.75) is 13.1 Å². The van der Waals surface area contributed by atoms with Crippen LogP contribution in [0.3, 0.4) is 0 Å². The van der Waals surface area contributed by atoms with E-state index < -0.39 is 17.6 Å². The molecule has 4 aromatic rings. The predicted molar refractivity (Wildman–Crippen MR) is 112 cm³/mol. The smallest absolute Gasteiger partial charge is 0.322 e. The molecule has 1 N–H and O–H groups in total. The van der Waals surface area contributed by atoms with Gasteiger partial charge in [-0.3, -0.25) is 9.20 Å². The molecule has 1 amide bonds. The zero-order chi connectivity index (χ0) is 22.0. The molecule has 0 aliphatic carbocycles. The summed E-state index contributed by atoms with van der Waals surface area (Å²) in [6.07, 6.45) is -0.875. The van der Waals surface area contributed by atoms with E-state index in [-0.39, 0.29) is 5.69 Å². The van der Waals surface area contributed by atoms with Crippen molar-refractivity contribution < 1.29 is 18.0 Å². The van der Waals surface area contributed by atoms with Gasteiger partial charge in [-0.2, -0.15) is 13.2 Å². The number of pyridine rings is 1. The number of imidazole rings is 1. The molecule has 0 unspecified atom stereocenters. The number of aryl methyl sites for hydroxylation is 1. The number of rotatable bonds is 2. The van der Waals surface area contributed by atoms with Gasteiger partial charge in [0, 0.05) is 23.0 Å². The van der Waals surface area contributed by atoms with Gasteiger partial charge in [0.15, 0.2) is 0 Å². The van der Waals surface area contributed by atoms with E-state index in [1.54, 1.807) is 24.4 Å². The molecule has 154 valence electrons. The Kier molecular flexibility index (Phi) is 5.22. The summed E-state index contributed by atoms with van der Waals surface area (Å²) >= 11 is 0. The number of hydrogen-bond donors (Lipinski definition) is 1. The van der Waals surface area contributed by atoms with Crippen molar-refractivity contribution in [2.24, 2.45) is 0 Å². The van der Waals surface area contributed by atoms with Gasteiger partial charge in [0.2, 0.25) is 0 Å². The minimum absolute atomic E-state index is 0.275. The van der Waals surface area contributed by atoms with E-state index in [0.717, 1.165) is 29.0 Å². The fourth-order valence-corrected chi connectivity index (χ4v) is 3.00. The van der Waals surface area contributed by atoms with Gasteiger partial charge in [-0.05, 0) is 66.9 Å². The summed E-state index contributed by atoms with van der Waals surface area (Å²) in [5, 5.41) is 2.61. The number of hydrogen-bond acceptors (Lipinski definition) is 2. The van der Waals surface area contributed by atoms with Gasteiger partial charge in [-0.25, -0.2) is 4.98 Å². The zero-order valence-corrected chi connectivity index (χ0v) is 16.4. The van der Waals surface area contributed by atoms with Crippen molar-refractivity contribution in [3.63, 3.8) is 0 Å². The molecule has 2 heterocycles. The number of alkyl halides is 3. The van der Waals surface area contributed by atoms with Crippen LogP contribution < -0.4 is 5.32 Å². The van der Waals surface area contributed by atoms with Crippen LogP contribution >= 0.6 is 0 Å². The normalized spacial score (nSPS) is 11.1. The molecule has 4 rings (SSSR count). The molecule has 0 fully saturated rings. The Morgan fingerprint density at radius 2 is 1.81 bits per heavy atom. The number of fused-ring (bicyclic) bond motifs is 1. The molecule has 0 aliphatic rings. The molecule has 0 radical (unpaired) electrons. The number of anilines is 1. The summed E-state index contributed by atoms with van der Waals surface area (Å²) in [6, 6.07) is 15.0. The Morgan fingerprint density at radius 3 is 2.55 bits per heavy atom. The predicted octanol–water partition coefficient (Wildman–Crippen LogP) is 5.31. The molecule has 0 saturated heterocycles. The fraction of sp³-hybridized carbons (Fsp3) is 0.0833. The van der Waals surface area contributed by atoms with Gasteiger partial charge >= 0.3 is 6.18 Å². The maximum absolute atomic E-state index is 12.7. The van der Waals surface area contributed by atoms with Crippen molar-refractivity contribution in [2.75, 3.05) is 5.32 Å². The first kappa shape index (κ1) is 20.2. The highest BCUT2D eigenvalue weighted by atomic mass is 19.4. The number of carbonyl (C=O) groups is 1. The molecule has 0 saturated carbocycles. The number of nitrogens with zero attached hydrogens (tertiary/aromatic N) is 2. The minimum atomic E-state index is -4.42. The summed E-state index contributed by atoms with van der Waals surface area (Å²) in [6.45, 7) is 1.88. The third-order valence-electron chi connectivity index (χ3n) is 4.71. The first-order valence-electron chi connectivity index (χ1n) is 9.35. The number of nitrogens with one attached hydrogen (secondary N) is 1. The van der Waals surface area contributed by atoms with Gasteiger partial charge in [0.1, 0.15) is 11.3 Å². The van der Waals surface area contributed by atoms with Gasteiger partial charge in [-0.15, -0.1) is 0 Å². The third kappa shape index (κ3) is 4.43. The lowest BCUT2D eigenvalue weighted by Crippen LogP contribution is -2.12. The van der Waals surface area contributed by atoms with Crippen molar-refractivity contribution in [1.29, 1.82) is 0 Å². The van der Waals surface area contributed by atoms with Crippen LogP contribution in [-0.2, 0) is 6.18 Å². The summed E-state index contributed by atoms with van der Waals surface area (Å²) in [5.41, 5.74) is 2.93. The van der Waals surface area contributed by atoms with Crippen LogP contribution in [0.15, 0.2) is 73.1 Å².